The van der Waals surface area contributed by atoms with Gasteiger partial charge in [-0.05, 0) is 45.1 Å². The van der Waals surface area contributed by atoms with Crippen LogP contribution in [0.15, 0.2) is 0 Å². The molecule has 0 saturated heterocycles. The number of carbonyl (C=O) groups excluding carboxylic acids is 1. The number of hydrogen-bond acceptors (Lipinski definition) is 2. The summed E-state index contributed by atoms with van der Waals surface area (Å²) in [5.41, 5.74) is 5.57. The Kier molecular flexibility index (Phi) is 5.96. The summed E-state index contributed by atoms with van der Waals surface area (Å²) >= 11 is 0. The number of carbonyl (C=O) groups is 1. The Morgan fingerprint density at radius 2 is 1.94 bits per heavy atom. The molecular formula is C14H28N2O. The Hall–Kier alpha value is -0.570. The first-order chi connectivity index (χ1) is 8.06. The second-order valence-electron chi connectivity index (χ2n) is 5.89. The standard InChI is InChI=1S/C14H28N2O/c1-12(8-11-15)6-7-13(17)16-14(2)9-4-3-5-10-14/h12H,3-11,15H2,1-2H3,(H,16,17). The minimum absolute atomic E-state index is 0.0619. The van der Waals surface area contributed by atoms with Crippen LogP contribution in [-0.4, -0.2) is 18.0 Å². The highest BCUT2D eigenvalue weighted by Crippen LogP contribution is 2.27. The van der Waals surface area contributed by atoms with Gasteiger partial charge in [0.1, 0.15) is 0 Å². The summed E-state index contributed by atoms with van der Waals surface area (Å²) in [4.78, 5) is 11.9. The van der Waals surface area contributed by atoms with E-state index in [1.165, 1.54) is 19.3 Å². The van der Waals surface area contributed by atoms with Gasteiger partial charge in [0, 0.05) is 12.0 Å². The predicted molar refractivity (Wildman–Crippen MR) is 71.7 cm³/mol. The van der Waals surface area contributed by atoms with E-state index in [1.54, 1.807) is 0 Å². The van der Waals surface area contributed by atoms with Gasteiger partial charge in [0.15, 0.2) is 0 Å². The maximum atomic E-state index is 11.9. The number of hydrogen-bond donors (Lipinski definition) is 2. The predicted octanol–water partition coefficient (Wildman–Crippen LogP) is 2.59. The second kappa shape index (κ2) is 7.00. The Balaban J connectivity index is 2.24. The molecule has 0 spiro atoms. The molecule has 1 atom stereocenters. The van der Waals surface area contributed by atoms with E-state index < -0.39 is 0 Å². The zero-order chi connectivity index (χ0) is 12.7. The summed E-state index contributed by atoms with van der Waals surface area (Å²) in [6.07, 6.45) is 8.72. The molecular weight excluding hydrogens is 212 g/mol. The van der Waals surface area contributed by atoms with Crippen molar-refractivity contribution < 1.29 is 4.79 Å². The molecule has 0 heterocycles. The third-order valence-corrected chi connectivity index (χ3v) is 3.92. The number of nitrogens with two attached hydrogens (primary N) is 1. The third-order valence-electron chi connectivity index (χ3n) is 3.92. The molecule has 0 aromatic heterocycles. The first kappa shape index (κ1) is 14.5. The lowest BCUT2D eigenvalue weighted by molar-refractivity contribution is -0.123. The molecule has 0 aromatic carbocycles. The SMILES string of the molecule is CC(CCN)CCC(=O)NC1(C)CCCCC1. The zero-order valence-electron chi connectivity index (χ0n) is 11.4. The van der Waals surface area contributed by atoms with Crippen molar-refractivity contribution in [2.45, 2.75) is 70.8 Å². The normalized spacial score (nSPS) is 20.9. The Morgan fingerprint density at radius 1 is 1.29 bits per heavy atom. The second-order valence-corrected chi connectivity index (χ2v) is 5.89. The Morgan fingerprint density at radius 3 is 2.53 bits per heavy atom. The lowest BCUT2D eigenvalue weighted by Crippen LogP contribution is -2.47. The van der Waals surface area contributed by atoms with Crippen LogP contribution in [0.3, 0.4) is 0 Å². The van der Waals surface area contributed by atoms with Crippen LogP contribution in [0.5, 0.6) is 0 Å². The first-order valence-corrected chi connectivity index (χ1v) is 7.07. The van der Waals surface area contributed by atoms with Crippen molar-refractivity contribution >= 4 is 5.91 Å². The van der Waals surface area contributed by atoms with E-state index in [1.807, 2.05) is 0 Å². The first-order valence-electron chi connectivity index (χ1n) is 7.07. The zero-order valence-corrected chi connectivity index (χ0v) is 11.4. The van der Waals surface area contributed by atoms with Crippen LogP contribution in [0.25, 0.3) is 0 Å². The highest BCUT2D eigenvalue weighted by Gasteiger charge is 2.27. The quantitative estimate of drug-likeness (QED) is 0.750. The van der Waals surface area contributed by atoms with E-state index >= 15 is 0 Å². The van der Waals surface area contributed by atoms with Gasteiger partial charge < -0.3 is 11.1 Å². The molecule has 1 saturated carbocycles. The molecule has 1 amide bonds. The maximum absolute atomic E-state index is 11.9. The smallest absolute Gasteiger partial charge is 0.220 e. The summed E-state index contributed by atoms with van der Waals surface area (Å²) in [7, 11) is 0. The molecule has 0 aliphatic heterocycles. The van der Waals surface area contributed by atoms with Crippen LogP contribution in [0.1, 0.15) is 65.2 Å². The topological polar surface area (TPSA) is 55.1 Å². The van der Waals surface area contributed by atoms with Gasteiger partial charge in [-0.3, -0.25) is 4.79 Å². The van der Waals surface area contributed by atoms with Gasteiger partial charge in [-0.1, -0.05) is 26.2 Å². The number of nitrogens with one attached hydrogen (secondary N) is 1. The molecule has 1 aliphatic rings. The summed E-state index contributed by atoms with van der Waals surface area (Å²) in [6.45, 7) is 5.08. The average molecular weight is 240 g/mol. The van der Waals surface area contributed by atoms with Crippen LogP contribution in [0, 0.1) is 5.92 Å². The molecule has 17 heavy (non-hydrogen) atoms. The molecule has 1 unspecified atom stereocenters. The monoisotopic (exact) mass is 240 g/mol. The lowest BCUT2D eigenvalue weighted by atomic mass is 9.83. The van der Waals surface area contributed by atoms with Gasteiger partial charge in [0.05, 0.1) is 0 Å². The molecule has 100 valence electrons. The van der Waals surface area contributed by atoms with Crippen molar-refractivity contribution in [1.82, 2.24) is 5.32 Å². The fourth-order valence-electron chi connectivity index (χ4n) is 2.66. The van der Waals surface area contributed by atoms with Crippen molar-refractivity contribution in [2.24, 2.45) is 11.7 Å². The lowest BCUT2D eigenvalue weighted by Gasteiger charge is -2.34. The van der Waals surface area contributed by atoms with E-state index in [0.717, 1.165) is 32.2 Å². The van der Waals surface area contributed by atoms with Gasteiger partial charge in [-0.25, -0.2) is 0 Å². The Bertz CT molecular complexity index is 234. The van der Waals surface area contributed by atoms with Gasteiger partial charge in [-0.15, -0.1) is 0 Å². The maximum Gasteiger partial charge on any atom is 0.220 e. The molecule has 1 aliphatic carbocycles. The summed E-state index contributed by atoms with van der Waals surface area (Å²) in [6, 6.07) is 0. The molecule has 3 N–H and O–H groups in total. The molecule has 3 heteroatoms. The highest BCUT2D eigenvalue weighted by atomic mass is 16.1. The molecule has 1 rings (SSSR count). The summed E-state index contributed by atoms with van der Waals surface area (Å²) in [5, 5.41) is 3.22. The van der Waals surface area contributed by atoms with Crippen LogP contribution < -0.4 is 11.1 Å². The fourth-order valence-corrected chi connectivity index (χ4v) is 2.66. The van der Waals surface area contributed by atoms with Gasteiger partial charge in [-0.2, -0.15) is 0 Å². The number of amides is 1. The van der Waals surface area contributed by atoms with Crippen molar-refractivity contribution in [2.75, 3.05) is 6.54 Å². The highest BCUT2D eigenvalue weighted by molar-refractivity contribution is 5.76. The van der Waals surface area contributed by atoms with E-state index in [0.29, 0.717) is 12.3 Å². The van der Waals surface area contributed by atoms with Crippen molar-refractivity contribution in [3.05, 3.63) is 0 Å². The van der Waals surface area contributed by atoms with Gasteiger partial charge in [0.2, 0.25) is 5.91 Å². The molecule has 0 bridgehead atoms. The van der Waals surface area contributed by atoms with Crippen LogP contribution in [0.2, 0.25) is 0 Å². The van der Waals surface area contributed by atoms with Gasteiger partial charge >= 0.3 is 0 Å². The average Bonchev–Trinajstić information content (AvgIpc) is 2.27. The fraction of sp³-hybridized carbons (Fsp3) is 0.929. The van der Waals surface area contributed by atoms with Crippen LogP contribution >= 0.6 is 0 Å². The molecule has 3 nitrogen and oxygen atoms in total. The van der Waals surface area contributed by atoms with E-state index in [2.05, 4.69) is 19.2 Å². The van der Waals surface area contributed by atoms with E-state index in [4.69, 9.17) is 5.73 Å². The summed E-state index contributed by atoms with van der Waals surface area (Å²) < 4.78 is 0. The third kappa shape index (κ3) is 5.53. The van der Waals surface area contributed by atoms with Crippen molar-refractivity contribution in [3.63, 3.8) is 0 Å². The summed E-state index contributed by atoms with van der Waals surface area (Å²) in [5.74, 6) is 0.781. The minimum atomic E-state index is 0.0619. The number of rotatable bonds is 6. The van der Waals surface area contributed by atoms with Crippen LogP contribution in [0.4, 0.5) is 0 Å². The Labute approximate surface area is 106 Å². The van der Waals surface area contributed by atoms with Gasteiger partial charge in [0.25, 0.3) is 0 Å². The minimum Gasteiger partial charge on any atom is -0.351 e. The molecule has 0 aromatic rings. The van der Waals surface area contributed by atoms with E-state index in [-0.39, 0.29) is 11.4 Å². The molecule has 1 fully saturated rings. The largest absolute Gasteiger partial charge is 0.351 e. The van der Waals surface area contributed by atoms with E-state index in [9.17, 15) is 4.79 Å². The molecule has 0 radical (unpaired) electrons. The van der Waals surface area contributed by atoms with Crippen molar-refractivity contribution in [1.29, 1.82) is 0 Å². The van der Waals surface area contributed by atoms with Crippen LogP contribution in [-0.2, 0) is 4.79 Å². The van der Waals surface area contributed by atoms with Crippen molar-refractivity contribution in [3.8, 4) is 0 Å².